The van der Waals surface area contributed by atoms with Crippen LogP contribution in [0.3, 0.4) is 0 Å². The van der Waals surface area contributed by atoms with Crippen LogP contribution in [-0.2, 0) is 6.61 Å². The molecule has 9 heteroatoms. The zero-order valence-corrected chi connectivity index (χ0v) is 15.6. The lowest BCUT2D eigenvalue weighted by molar-refractivity contribution is 0.306. The van der Waals surface area contributed by atoms with Crippen LogP contribution in [0.2, 0.25) is 10.0 Å². The van der Waals surface area contributed by atoms with Gasteiger partial charge in [0.2, 0.25) is 4.77 Å². The number of hydrogen-bond acceptors (Lipinski definition) is 5. The molecule has 1 heterocycles. The SMILES string of the molecule is O=c1cn[nH]c(=S)n1/N=C/c1ccc(OCc2ccc(Cl)cc2Cl)cc1. The number of aromatic nitrogens is 3. The van der Waals surface area contributed by atoms with Crippen molar-refractivity contribution in [1.82, 2.24) is 14.9 Å². The van der Waals surface area contributed by atoms with Crippen molar-refractivity contribution in [2.24, 2.45) is 5.10 Å². The van der Waals surface area contributed by atoms with Crippen molar-refractivity contribution in [2.45, 2.75) is 6.61 Å². The largest absolute Gasteiger partial charge is 0.489 e. The van der Waals surface area contributed by atoms with Crippen LogP contribution in [-0.4, -0.2) is 21.1 Å². The van der Waals surface area contributed by atoms with E-state index in [4.69, 9.17) is 40.2 Å². The molecule has 0 unspecified atom stereocenters. The van der Waals surface area contributed by atoms with Gasteiger partial charge in [-0.3, -0.25) is 9.89 Å². The van der Waals surface area contributed by atoms with Gasteiger partial charge >= 0.3 is 0 Å². The summed E-state index contributed by atoms with van der Waals surface area (Å²) in [7, 11) is 0. The van der Waals surface area contributed by atoms with Gasteiger partial charge in [0.05, 0.1) is 6.21 Å². The fraction of sp³-hybridized carbons (Fsp3) is 0.0588. The lowest BCUT2D eigenvalue weighted by Crippen LogP contribution is -2.18. The van der Waals surface area contributed by atoms with Crippen LogP contribution >= 0.6 is 35.4 Å². The predicted molar refractivity (Wildman–Crippen MR) is 104 cm³/mol. The number of hydrogen-bond donors (Lipinski definition) is 1. The van der Waals surface area contributed by atoms with Gasteiger partial charge in [-0.25, -0.2) is 0 Å². The maximum atomic E-state index is 11.6. The predicted octanol–water partition coefficient (Wildman–Crippen LogP) is 4.07. The first-order chi connectivity index (χ1) is 12.5. The molecule has 0 aliphatic heterocycles. The molecule has 1 aromatic heterocycles. The van der Waals surface area contributed by atoms with Gasteiger partial charge in [-0.15, -0.1) is 0 Å². The Balaban J connectivity index is 1.68. The standard InChI is InChI=1S/C17H12Cl2N4O2S/c18-13-4-3-12(15(19)7-13)10-25-14-5-1-11(2-6-14)8-21-23-16(24)9-20-22-17(23)26/h1-9H,10H2,(H,22,26)/b21-8+. The highest BCUT2D eigenvalue weighted by Gasteiger charge is 2.03. The van der Waals surface area contributed by atoms with E-state index in [-0.39, 0.29) is 4.77 Å². The van der Waals surface area contributed by atoms with Crippen LogP contribution < -0.4 is 10.3 Å². The average molecular weight is 407 g/mol. The van der Waals surface area contributed by atoms with Crippen LogP contribution in [0.5, 0.6) is 5.75 Å². The molecule has 132 valence electrons. The van der Waals surface area contributed by atoms with Crippen molar-refractivity contribution in [3.8, 4) is 5.75 Å². The van der Waals surface area contributed by atoms with Gasteiger partial charge in [-0.1, -0.05) is 29.3 Å². The number of ether oxygens (including phenoxy) is 1. The first kappa shape index (κ1) is 18.3. The highest BCUT2D eigenvalue weighted by Crippen LogP contribution is 2.22. The molecule has 0 radical (unpaired) electrons. The molecular formula is C17H12Cl2N4O2S. The van der Waals surface area contributed by atoms with Crippen molar-refractivity contribution in [1.29, 1.82) is 0 Å². The summed E-state index contributed by atoms with van der Waals surface area (Å²) in [5, 5.41) is 11.3. The molecular weight excluding hydrogens is 395 g/mol. The summed E-state index contributed by atoms with van der Waals surface area (Å²) < 4.78 is 6.88. The van der Waals surface area contributed by atoms with Gasteiger partial charge in [-0.2, -0.15) is 14.9 Å². The molecule has 0 saturated heterocycles. The molecule has 0 bridgehead atoms. The minimum atomic E-state index is -0.412. The minimum Gasteiger partial charge on any atom is -0.489 e. The number of H-pyrrole nitrogens is 1. The molecule has 0 spiro atoms. The zero-order chi connectivity index (χ0) is 18.5. The summed E-state index contributed by atoms with van der Waals surface area (Å²) in [5.74, 6) is 0.673. The van der Waals surface area contributed by atoms with Gasteiger partial charge in [0.15, 0.2) is 0 Å². The van der Waals surface area contributed by atoms with E-state index in [0.717, 1.165) is 22.0 Å². The molecule has 2 aromatic carbocycles. The van der Waals surface area contributed by atoms with Crippen molar-refractivity contribution >= 4 is 41.6 Å². The normalized spacial score (nSPS) is 11.0. The Labute approximate surface area is 163 Å². The highest BCUT2D eigenvalue weighted by molar-refractivity contribution is 7.71. The smallest absolute Gasteiger partial charge is 0.293 e. The molecule has 1 N–H and O–H groups in total. The van der Waals surface area contributed by atoms with Crippen molar-refractivity contribution in [3.63, 3.8) is 0 Å². The number of nitrogens with zero attached hydrogens (tertiary/aromatic N) is 3. The first-order valence-corrected chi connectivity index (χ1v) is 8.57. The molecule has 0 fully saturated rings. The molecule has 0 atom stereocenters. The summed E-state index contributed by atoms with van der Waals surface area (Å²) in [4.78, 5) is 11.6. The Morgan fingerprint density at radius 3 is 2.69 bits per heavy atom. The topological polar surface area (TPSA) is 72.3 Å². The quantitative estimate of drug-likeness (QED) is 0.511. The number of nitrogens with one attached hydrogen (secondary N) is 1. The number of aromatic amines is 1. The van der Waals surface area contributed by atoms with Crippen molar-refractivity contribution in [2.75, 3.05) is 0 Å². The third-order valence-electron chi connectivity index (χ3n) is 3.35. The lowest BCUT2D eigenvalue weighted by atomic mass is 10.2. The second-order valence-corrected chi connectivity index (χ2v) is 6.39. The molecule has 0 amide bonds. The van der Waals surface area contributed by atoms with Crippen LogP contribution in [0.15, 0.2) is 58.6 Å². The second kappa shape index (κ2) is 8.27. The average Bonchev–Trinajstić information content (AvgIpc) is 2.62. The van der Waals surface area contributed by atoms with E-state index in [2.05, 4.69) is 15.3 Å². The third-order valence-corrected chi connectivity index (χ3v) is 4.20. The molecule has 3 rings (SSSR count). The third kappa shape index (κ3) is 4.57. The molecule has 26 heavy (non-hydrogen) atoms. The Bertz CT molecular complexity index is 1030. The van der Waals surface area contributed by atoms with Gasteiger partial charge < -0.3 is 4.74 Å². The summed E-state index contributed by atoms with van der Waals surface area (Å²) in [5.41, 5.74) is 1.21. The van der Waals surface area contributed by atoms with E-state index in [9.17, 15) is 4.79 Å². The Hall–Kier alpha value is -2.48. The first-order valence-electron chi connectivity index (χ1n) is 7.41. The van der Waals surface area contributed by atoms with Crippen LogP contribution in [0.25, 0.3) is 0 Å². The van der Waals surface area contributed by atoms with Crippen molar-refractivity contribution < 1.29 is 4.74 Å². The summed E-state index contributed by atoms with van der Waals surface area (Å²) >= 11 is 17.0. The summed E-state index contributed by atoms with van der Waals surface area (Å²) in [6.07, 6.45) is 2.62. The fourth-order valence-electron chi connectivity index (χ4n) is 2.03. The monoisotopic (exact) mass is 406 g/mol. The molecule has 0 saturated carbocycles. The fourth-order valence-corrected chi connectivity index (χ4v) is 2.68. The van der Waals surface area contributed by atoms with Gasteiger partial charge in [0, 0.05) is 15.6 Å². The van der Waals surface area contributed by atoms with Crippen LogP contribution in [0, 0.1) is 4.77 Å². The van der Waals surface area contributed by atoms with Gasteiger partial charge in [0.25, 0.3) is 5.56 Å². The lowest BCUT2D eigenvalue weighted by Gasteiger charge is -2.08. The van der Waals surface area contributed by atoms with Crippen LogP contribution in [0.1, 0.15) is 11.1 Å². The van der Waals surface area contributed by atoms with E-state index in [1.807, 2.05) is 6.07 Å². The maximum Gasteiger partial charge on any atom is 0.293 e. The van der Waals surface area contributed by atoms with E-state index in [1.54, 1.807) is 36.4 Å². The zero-order valence-electron chi connectivity index (χ0n) is 13.2. The van der Waals surface area contributed by atoms with Crippen molar-refractivity contribution in [3.05, 3.63) is 85.0 Å². The van der Waals surface area contributed by atoms with E-state index < -0.39 is 5.56 Å². The van der Waals surface area contributed by atoms with Gasteiger partial charge in [0.1, 0.15) is 18.6 Å². The Kier molecular flexibility index (Phi) is 5.82. The van der Waals surface area contributed by atoms with E-state index in [0.29, 0.717) is 22.4 Å². The summed E-state index contributed by atoms with van der Waals surface area (Å²) in [6.45, 7) is 0.324. The Morgan fingerprint density at radius 1 is 1.23 bits per heavy atom. The second-order valence-electron chi connectivity index (χ2n) is 5.16. The number of halogens is 2. The number of benzene rings is 2. The maximum absolute atomic E-state index is 11.6. The molecule has 6 nitrogen and oxygen atoms in total. The highest BCUT2D eigenvalue weighted by atomic mass is 35.5. The molecule has 0 aliphatic carbocycles. The van der Waals surface area contributed by atoms with E-state index in [1.165, 1.54) is 6.21 Å². The van der Waals surface area contributed by atoms with Gasteiger partial charge in [-0.05, 0) is 54.2 Å². The molecule has 3 aromatic rings. The number of rotatable bonds is 5. The summed E-state index contributed by atoms with van der Waals surface area (Å²) in [6, 6.07) is 12.5. The molecule has 0 aliphatic rings. The van der Waals surface area contributed by atoms with E-state index >= 15 is 0 Å². The van der Waals surface area contributed by atoms with Crippen LogP contribution in [0.4, 0.5) is 0 Å². The minimum absolute atomic E-state index is 0.119. The Morgan fingerprint density at radius 2 is 2.00 bits per heavy atom.